The molecule has 3 unspecified atom stereocenters. The molecule has 4 heterocycles. The summed E-state index contributed by atoms with van der Waals surface area (Å²) in [5.41, 5.74) is 9.60. The first kappa shape index (κ1) is 55.8. The van der Waals surface area contributed by atoms with Gasteiger partial charge in [-0.15, -0.1) is 0 Å². The zero-order valence-corrected chi connectivity index (χ0v) is 45.5. The maximum atomic E-state index is 13.7. The van der Waals surface area contributed by atoms with E-state index in [0.29, 0.717) is 54.0 Å². The molecule has 17 nitrogen and oxygen atoms in total. The summed E-state index contributed by atoms with van der Waals surface area (Å²) >= 11 is 0. The number of carbonyl (C=O) groups excluding carboxylic acids is 2. The molecular formula is C60H66FN9O8. The summed E-state index contributed by atoms with van der Waals surface area (Å²) in [5.74, 6) is 1.35. The maximum Gasteiger partial charge on any atom is 0.307 e. The molecule has 9 atom stereocenters. The topological polar surface area (TPSA) is 237 Å². The number of rotatable bonds is 17. The second kappa shape index (κ2) is 23.1. The number of ether oxygens (including phenoxy) is 4. The molecule has 406 valence electrons. The molecule has 3 aliphatic carbocycles. The van der Waals surface area contributed by atoms with Crippen molar-refractivity contribution in [3.8, 4) is 23.0 Å². The zero-order valence-electron chi connectivity index (χ0n) is 45.5. The van der Waals surface area contributed by atoms with Crippen LogP contribution in [0, 0.1) is 65.1 Å². The minimum absolute atomic E-state index is 0.0203. The van der Waals surface area contributed by atoms with Crippen LogP contribution in [0.2, 0.25) is 0 Å². The summed E-state index contributed by atoms with van der Waals surface area (Å²) in [4.78, 5) is 66.0. The van der Waals surface area contributed by atoms with Crippen molar-refractivity contribution >= 4 is 23.6 Å². The van der Waals surface area contributed by atoms with E-state index in [-0.39, 0.29) is 58.9 Å². The molecule has 0 saturated heterocycles. The number of methoxy groups -OCH3 is 1. The number of amides is 2. The minimum atomic E-state index is -0.777. The number of carboxylic acids is 1. The number of aryl methyl sites for hydroxylation is 6. The molecule has 10 rings (SSSR count). The van der Waals surface area contributed by atoms with E-state index in [0.717, 1.165) is 40.0 Å². The van der Waals surface area contributed by atoms with Crippen LogP contribution in [0.25, 0.3) is 0 Å². The molecule has 7 aromatic rings. The van der Waals surface area contributed by atoms with E-state index in [1.54, 1.807) is 18.6 Å². The monoisotopic (exact) mass is 1060 g/mol. The van der Waals surface area contributed by atoms with Crippen LogP contribution < -0.4 is 30.0 Å². The summed E-state index contributed by atoms with van der Waals surface area (Å²) in [7, 11) is 1.36. The number of aromatic nitrogens is 7. The number of carbonyl (C=O) groups is 3. The van der Waals surface area contributed by atoms with Crippen LogP contribution >= 0.6 is 0 Å². The second-order valence-electron chi connectivity index (χ2n) is 20.3. The van der Waals surface area contributed by atoms with Crippen molar-refractivity contribution in [1.29, 1.82) is 0 Å². The lowest BCUT2D eigenvalue weighted by molar-refractivity contribution is -0.139. The van der Waals surface area contributed by atoms with Gasteiger partial charge in [0.2, 0.25) is 11.8 Å². The quantitative estimate of drug-likeness (QED) is 0.0771. The maximum absolute atomic E-state index is 13.7. The van der Waals surface area contributed by atoms with E-state index in [1.165, 1.54) is 13.2 Å². The van der Waals surface area contributed by atoms with E-state index >= 15 is 0 Å². The molecule has 0 bridgehead atoms. The van der Waals surface area contributed by atoms with Gasteiger partial charge in [-0.2, -0.15) is 0 Å². The number of pyridine rings is 1. The predicted octanol–water partition coefficient (Wildman–Crippen LogP) is 9.21. The second-order valence-corrected chi connectivity index (χ2v) is 20.3. The summed E-state index contributed by atoms with van der Waals surface area (Å²) < 4.78 is 37.1. The Morgan fingerprint density at radius 3 is 1.26 bits per heavy atom. The van der Waals surface area contributed by atoms with Gasteiger partial charge in [-0.25, -0.2) is 39.3 Å². The van der Waals surface area contributed by atoms with Gasteiger partial charge in [0.05, 0.1) is 66.7 Å². The van der Waals surface area contributed by atoms with Gasteiger partial charge in [-0.3, -0.25) is 14.4 Å². The third-order valence-corrected chi connectivity index (χ3v) is 15.4. The molecule has 18 heteroatoms. The van der Waals surface area contributed by atoms with Gasteiger partial charge in [-0.05, 0) is 98.3 Å². The Labute approximate surface area is 453 Å². The van der Waals surface area contributed by atoms with Gasteiger partial charge < -0.3 is 35.1 Å². The minimum Gasteiger partial charge on any atom is -0.493 e. The molecule has 0 aliphatic heterocycles. The fourth-order valence-corrected chi connectivity index (χ4v) is 10.9. The normalized spacial score (nSPS) is 22.5. The lowest BCUT2D eigenvalue weighted by Crippen LogP contribution is -2.34. The SMILES string of the molecule is COc1cc(NC(=O)[C@@H]2C[C@]2(c2ccccc2)C(C)Oc2cnc(C)nc2C)ncc1F.Cc1ncc(OC(C)[C@@]2(c3ccccc3)C[C@H]2C(=O)O)c(C)n1.Cc1ncc(OC(C)[C@@]2(c3ccccc3)C[C@H]2C(N)=O)c(C)n1. The number of primary amides is 1. The van der Waals surface area contributed by atoms with Crippen LogP contribution in [-0.2, 0) is 30.6 Å². The molecular weight excluding hydrogens is 994 g/mol. The first-order valence-corrected chi connectivity index (χ1v) is 25.8. The number of carboxylic acid groups (broad SMARTS) is 1. The smallest absolute Gasteiger partial charge is 0.307 e. The van der Waals surface area contributed by atoms with Crippen molar-refractivity contribution in [2.24, 2.45) is 23.5 Å². The highest BCUT2D eigenvalue weighted by Gasteiger charge is 2.65. The van der Waals surface area contributed by atoms with Crippen molar-refractivity contribution in [3.05, 3.63) is 179 Å². The van der Waals surface area contributed by atoms with E-state index < -0.39 is 28.5 Å². The van der Waals surface area contributed by atoms with Gasteiger partial charge in [0.15, 0.2) is 28.8 Å². The molecule has 3 aromatic carbocycles. The average Bonchev–Trinajstić information content (AvgIpc) is 4.53. The average molecular weight is 1060 g/mol. The number of benzene rings is 3. The number of nitrogens with one attached hydrogen (secondary N) is 1. The van der Waals surface area contributed by atoms with Crippen molar-refractivity contribution in [2.45, 2.75) is 116 Å². The molecule has 4 N–H and O–H groups in total. The molecule has 2 amide bonds. The Hall–Kier alpha value is -8.41. The summed E-state index contributed by atoms with van der Waals surface area (Å²) in [5, 5.41) is 12.3. The van der Waals surface area contributed by atoms with Crippen molar-refractivity contribution in [1.82, 2.24) is 34.9 Å². The Balaban J connectivity index is 0.000000158. The molecule has 3 saturated carbocycles. The van der Waals surface area contributed by atoms with Gasteiger partial charge in [0, 0.05) is 22.3 Å². The Bertz CT molecular complexity index is 3160. The van der Waals surface area contributed by atoms with E-state index in [9.17, 15) is 23.9 Å². The van der Waals surface area contributed by atoms with Crippen LogP contribution in [0.15, 0.2) is 122 Å². The first-order valence-electron chi connectivity index (χ1n) is 25.8. The fourth-order valence-electron chi connectivity index (χ4n) is 10.9. The lowest BCUT2D eigenvalue weighted by atomic mass is 9.87. The molecule has 0 spiro atoms. The third kappa shape index (κ3) is 11.6. The standard InChI is InChI=1S/C24H25FN4O3.C18H21N3O2.C18H20N2O3/c1-14-21(13-26-16(3)28-14)32-15(2)24(17-8-6-5-7-9-17)11-18(24)23(30)29-22-10-20(31-4)19(25)12-27-22;1-11-16(10-20-13(3)21-11)23-12(2)18(9-15(18)17(19)22)14-7-5-4-6-8-14;1-11-16(10-19-13(3)20-11)23-12(2)18(9-15(18)17(21)22)14-7-5-4-6-8-14/h5-10,12-13,15,18H,11H2,1-4H3,(H,27,29,30);4-8,10,12,15H,9H2,1-3H3,(H2,19,22);4-8,10,12,15H,9H2,1-3H3,(H,21,22)/t15?,18-,24+;2*12?,15-,18+/m000/s1. The van der Waals surface area contributed by atoms with E-state index in [2.05, 4.69) is 40.2 Å². The molecule has 3 fully saturated rings. The van der Waals surface area contributed by atoms with Crippen molar-refractivity contribution in [2.75, 3.05) is 12.4 Å². The summed E-state index contributed by atoms with van der Waals surface area (Å²) in [6.45, 7) is 17.0. The van der Waals surface area contributed by atoms with Gasteiger partial charge in [0.25, 0.3) is 0 Å². The van der Waals surface area contributed by atoms with Crippen LogP contribution in [0.3, 0.4) is 0 Å². The largest absolute Gasteiger partial charge is 0.493 e. The highest BCUT2D eigenvalue weighted by atomic mass is 19.1. The number of aliphatic carboxylic acids is 1. The van der Waals surface area contributed by atoms with E-state index in [4.69, 9.17) is 24.7 Å². The van der Waals surface area contributed by atoms with Crippen molar-refractivity contribution in [3.63, 3.8) is 0 Å². The Kier molecular flexibility index (Phi) is 16.5. The number of halogens is 1. The van der Waals surface area contributed by atoms with Crippen LogP contribution in [0.4, 0.5) is 10.2 Å². The van der Waals surface area contributed by atoms with Gasteiger partial charge >= 0.3 is 5.97 Å². The molecule has 4 aromatic heterocycles. The summed E-state index contributed by atoms with van der Waals surface area (Å²) in [6.07, 6.45) is 7.13. The van der Waals surface area contributed by atoms with Crippen LogP contribution in [0.1, 0.15) is 91.3 Å². The van der Waals surface area contributed by atoms with Crippen LogP contribution in [-0.4, -0.2) is 83.2 Å². The molecule has 78 heavy (non-hydrogen) atoms. The van der Waals surface area contributed by atoms with Crippen molar-refractivity contribution < 1.29 is 42.8 Å². The van der Waals surface area contributed by atoms with Gasteiger partial charge in [-0.1, -0.05) is 91.0 Å². The number of hydrogen-bond acceptors (Lipinski definition) is 14. The fraction of sp³-hybridized carbons (Fsp3) is 0.367. The third-order valence-electron chi connectivity index (χ3n) is 15.4. The number of nitrogens with zero attached hydrogens (tertiary/aromatic N) is 7. The zero-order chi connectivity index (χ0) is 56.1. The highest BCUT2D eigenvalue weighted by molar-refractivity contribution is 5.95. The highest BCUT2D eigenvalue weighted by Crippen LogP contribution is 2.60. The van der Waals surface area contributed by atoms with Crippen LogP contribution in [0.5, 0.6) is 23.0 Å². The van der Waals surface area contributed by atoms with E-state index in [1.807, 2.05) is 153 Å². The van der Waals surface area contributed by atoms with Gasteiger partial charge in [0.1, 0.15) is 41.6 Å². The summed E-state index contributed by atoms with van der Waals surface area (Å²) in [6, 6.07) is 30.9. The Morgan fingerprint density at radius 1 is 0.564 bits per heavy atom. The first-order chi connectivity index (χ1) is 37.2. The lowest BCUT2D eigenvalue weighted by Gasteiger charge is -2.27. The number of hydrogen-bond donors (Lipinski definition) is 3. The number of anilines is 1. The number of nitrogens with two attached hydrogens (primary N) is 1. The Morgan fingerprint density at radius 2 is 0.923 bits per heavy atom. The molecule has 0 radical (unpaired) electrons. The predicted molar refractivity (Wildman–Crippen MR) is 290 cm³/mol. The molecule has 3 aliphatic rings.